The Morgan fingerprint density at radius 3 is 2.37 bits per heavy atom. The van der Waals surface area contributed by atoms with Gasteiger partial charge in [-0.1, -0.05) is 0 Å². The van der Waals surface area contributed by atoms with Crippen LogP contribution in [0.5, 0.6) is 0 Å². The highest BCUT2D eigenvalue weighted by Crippen LogP contribution is 2.03. The van der Waals surface area contributed by atoms with Gasteiger partial charge in [-0.25, -0.2) is 9.98 Å². The molecule has 5 heteroatoms. The van der Waals surface area contributed by atoms with Crippen molar-refractivity contribution >= 4 is 11.7 Å². The number of nitrogens with zero attached hydrogens (tertiary/aromatic N) is 4. The van der Waals surface area contributed by atoms with Gasteiger partial charge in [-0.2, -0.15) is 0 Å². The van der Waals surface area contributed by atoms with Crippen LogP contribution in [-0.2, 0) is 6.54 Å². The molecule has 1 unspecified atom stereocenters. The van der Waals surface area contributed by atoms with Crippen LogP contribution >= 0.6 is 0 Å². The maximum atomic E-state index is 4.59. The van der Waals surface area contributed by atoms with Crippen molar-refractivity contribution < 1.29 is 0 Å². The highest BCUT2D eigenvalue weighted by Gasteiger charge is 2.05. The molecule has 1 heterocycles. The third kappa shape index (κ3) is 5.16. The van der Waals surface area contributed by atoms with Gasteiger partial charge in [-0.15, -0.1) is 0 Å². The summed E-state index contributed by atoms with van der Waals surface area (Å²) < 4.78 is 0. The Morgan fingerprint density at radius 2 is 1.84 bits per heavy atom. The lowest BCUT2D eigenvalue weighted by Crippen LogP contribution is -2.25. The molecule has 1 rings (SSSR count). The van der Waals surface area contributed by atoms with E-state index in [1.807, 2.05) is 59.1 Å². The molecule has 0 amide bonds. The largest absolute Gasteiger partial charge is 0.367 e. The van der Waals surface area contributed by atoms with Crippen LogP contribution in [0, 0.1) is 0 Å². The average Bonchev–Trinajstić information content (AvgIpc) is 2.81. The van der Waals surface area contributed by atoms with Crippen molar-refractivity contribution in [3.8, 4) is 0 Å². The number of aromatic amines is 1. The van der Waals surface area contributed by atoms with Crippen LogP contribution in [0.3, 0.4) is 0 Å². The molecule has 106 valence electrons. The normalized spacial score (nSPS) is 14.4. The molecule has 0 aliphatic heterocycles. The van der Waals surface area contributed by atoms with Gasteiger partial charge in [0.1, 0.15) is 6.17 Å². The molecule has 1 aromatic heterocycles. The Kier molecular flexibility index (Phi) is 5.60. The number of aromatic nitrogens is 1. The van der Waals surface area contributed by atoms with Gasteiger partial charge in [-0.3, -0.25) is 0 Å². The number of nitrogens with one attached hydrogen (secondary N) is 1. The zero-order valence-electron chi connectivity index (χ0n) is 12.8. The number of H-pyrrole nitrogens is 1. The van der Waals surface area contributed by atoms with Crippen LogP contribution in [0.1, 0.15) is 26.5 Å². The number of amidine groups is 2. The summed E-state index contributed by atoms with van der Waals surface area (Å²) in [7, 11) is 6.01. The molecule has 1 aromatic rings. The summed E-state index contributed by atoms with van der Waals surface area (Å²) in [6.45, 7) is 6.83. The zero-order valence-corrected chi connectivity index (χ0v) is 12.8. The number of hydrogen-bond donors (Lipinski definition) is 1. The summed E-state index contributed by atoms with van der Waals surface area (Å²) >= 11 is 0. The van der Waals surface area contributed by atoms with Crippen LogP contribution in [-0.4, -0.2) is 53.8 Å². The van der Waals surface area contributed by atoms with Crippen LogP contribution in [0.4, 0.5) is 0 Å². The molecule has 1 atom stereocenters. The minimum absolute atomic E-state index is 0.0616. The summed E-state index contributed by atoms with van der Waals surface area (Å²) in [5.74, 6) is 1.97. The highest BCUT2D eigenvalue weighted by atomic mass is 15.2. The molecule has 0 saturated carbocycles. The summed E-state index contributed by atoms with van der Waals surface area (Å²) in [4.78, 5) is 16.4. The molecule has 0 aliphatic rings. The minimum Gasteiger partial charge on any atom is -0.367 e. The van der Waals surface area contributed by atoms with Gasteiger partial charge in [0.2, 0.25) is 0 Å². The molecule has 5 nitrogen and oxygen atoms in total. The molecule has 0 bridgehead atoms. The fourth-order valence-electron chi connectivity index (χ4n) is 1.62. The van der Waals surface area contributed by atoms with Crippen molar-refractivity contribution in [2.24, 2.45) is 9.98 Å². The van der Waals surface area contributed by atoms with Gasteiger partial charge in [0.25, 0.3) is 0 Å². The molecule has 0 saturated heterocycles. The Labute approximate surface area is 116 Å². The first-order valence-electron chi connectivity index (χ1n) is 6.49. The first-order chi connectivity index (χ1) is 8.90. The van der Waals surface area contributed by atoms with Crippen molar-refractivity contribution in [2.45, 2.75) is 33.5 Å². The van der Waals surface area contributed by atoms with Crippen LogP contribution in [0.2, 0.25) is 0 Å². The molecule has 0 aromatic carbocycles. The second-order valence-electron chi connectivity index (χ2n) is 4.93. The third-order valence-corrected chi connectivity index (χ3v) is 3.02. The van der Waals surface area contributed by atoms with Gasteiger partial charge < -0.3 is 14.8 Å². The standard InChI is InChI=1S/C14H25N5/c1-11(16-12(2)18(4)5)17-13(3)19(6)10-14-8-7-9-15-14/h7-9,11,15H,10H2,1-6H3/b16-12+,17-13+. The molecule has 19 heavy (non-hydrogen) atoms. The summed E-state index contributed by atoms with van der Waals surface area (Å²) in [5.41, 5.74) is 1.18. The lowest BCUT2D eigenvalue weighted by Gasteiger charge is -2.19. The van der Waals surface area contributed by atoms with Gasteiger partial charge in [0.15, 0.2) is 0 Å². The quantitative estimate of drug-likeness (QED) is 0.668. The monoisotopic (exact) mass is 263 g/mol. The summed E-state index contributed by atoms with van der Waals surface area (Å²) in [5, 5.41) is 0. The van der Waals surface area contributed by atoms with E-state index in [4.69, 9.17) is 0 Å². The van der Waals surface area contributed by atoms with E-state index >= 15 is 0 Å². The zero-order chi connectivity index (χ0) is 14.4. The molecular weight excluding hydrogens is 238 g/mol. The second kappa shape index (κ2) is 6.97. The Bertz CT molecular complexity index is 431. The van der Waals surface area contributed by atoms with E-state index in [1.165, 1.54) is 5.69 Å². The van der Waals surface area contributed by atoms with Crippen molar-refractivity contribution in [1.29, 1.82) is 0 Å². The Morgan fingerprint density at radius 1 is 1.21 bits per heavy atom. The predicted octanol–water partition coefficient (Wildman–Crippen LogP) is 2.19. The molecule has 1 N–H and O–H groups in total. The molecular formula is C14H25N5. The first-order valence-corrected chi connectivity index (χ1v) is 6.49. The molecule has 0 fully saturated rings. The first kappa shape index (κ1) is 15.3. The Hall–Kier alpha value is -1.78. The lowest BCUT2D eigenvalue weighted by atomic mass is 10.4. The maximum absolute atomic E-state index is 4.59. The van der Waals surface area contributed by atoms with Crippen LogP contribution in [0.25, 0.3) is 0 Å². The van der Waals surface area contributed by atoms with Crippen molar-refractivity contribution in [2.75, 3.05) is 21.1 Å². The van der Waals surface area contributed by atoms with Crippen LogP contribution < -0.4 is 0 Å². The SMILES string of the molecule is C/C(=N\C(C)/N=C(\C)N(C)Cc1ccc[nH]1)N(C)C. The molecule has 0 aliphatic carbocycles. The van der Waals surface area contributed by atoms with E-state index in [0.717, 1.165) is 18.2 Å². The average molecular weight is 263 g/mol. The van der Waals surface area contributed by atoms with E-state index in [2.05, 4.69) is 25.9 Å². The lowest BCUT2D eigenvalue weighted by molar-refractivity contribution is 0.485. The number of rotatable bonds is 4. The smallest absolute Gasteiger partial charge is 0.140 e. The van der Waals surface area contributed by atoms with Crippen molar-refractivity contribution in [1.82, 2.24) is 14.8 Å². The van der Waals surface area contributed by atoms with Gasteiger partial charge >= 0.3 is 0 Å². The molecule has 0 radical (unpaired) electrons. The number of hydrogen-bond acceptors (Lipinski definition) is 2. The predicted molar refractivity (Wildman–Crippen MR) is 81.6 cm³/mol. The maximum Gasteiger partial charge on any atom is 0.140 e. The van der Waals surface area contributed by atoms with Crippen LogP contribution in [0.15, 0.2) is 28.3 Å². The summed E-state index contributed by atoms with van der Waals surface area (Å²) in [6, 6.07) is 4.07. The Balaban J connectivity index is 2.62. The fourth-order valence-corrected chi connectivity index (χ4v) is 1.62. The van der Waals surface area contributed by atoms with Crippen molar-refractivity contribution in [3.63, 3.8) is 0 Å². The highest BCUT2D eigenvalue weighted by molar-refractivity contribution is 5.81. The second-order valence-corrected chi connectivity index (χ2v) is 4.93. The van der Waals surface area contributed by atoms with E-state index in [1.54, 1.807) is 0 Å². The fraction of sp³-hybridized carbons (Fsp3) is 0.571. The van der Waals surface area contributed by atoms with E-state index < -0.39 is 0 Å². The minimum atomic E-state index is -0.0616. The summed E-state index contributed by atoms with van der Waals surface area (Å²) in [6.07, 6.45) is 1.87. The van der Waals surface area contributed by atoms with Gasteiger partial charge in [-0.05, 0) is 32.9 Å². The third-order valence-electron chi connectivity index (χ3n) is 3.02. The van der Waals surface area contributed by atoms with Gasteiger partial charge in [0, 0.05) is 33.0 Å². The van der Waals surface area contributed by atoms with E-state index in [-0.39, 0.29) is 6.17 Å². The molecule has 0 spiro atoms. The number of aliphatic imine (C=N–C) groups is 2. The van der Waals surface area contributed by atoms with E-state index in [0.29, 0.717) is 0 Å². The van der Waals surface area contributed by atoms with Gasteiger partial charge in [0.05, 0.1) is 18.2 Å². The van der Waals surface area contributed by atoms with E-state index in [9.17, 15) is 0 Å². The topological polar surface area (TPSA) is 47.0 Å². The van der Waals surface area contributed by atoms with Crippen molar-refractivity contribution in [3.05, 3.63) is 24.0 Å².